The fourth-order valence-corrected chi connectivity index (χ4v) is 3.27. The molecule has 0 aliphatic carbocycles. The highest BCUT2D eigenvalue weighted by molar-refractivity contribution is 7.11. The van der Waals surface area contributed by atoms with Crippen LogP contribution in [0.5, 0.6) is 0 Å². The van der Waals surface area contributed by atoms with E-state index in [9.17, 15) is 14.4 Å². The molecule has 0 spiro atoms. The van der Waals surface area contributed by atoms with E-state index in [0.29, 0.717) is 36.8 Å². The second-order valence-corrected chi connectivity index (χ2v) is 6.15. The van der Waals surface area contributed by atoms with Crippen molar-refractivity contribution < 1.29 is 14.4 Å². The van der Waals surface area contributed by atoms with E-state index in [-0.39, 0.29) is 17.7 Å². The first-order valence-electron chi connectivity index (χ1n) is 7.10. The Morgan fingerprint density at radius 1 is 1.27 bits per heavy atom. The van der Waals surface area contributed by atoms with Gasteiger partial charge >= 0.3 is 0 Å². The summed E-state index contributed by atoms with van der Waals surface area (Å²) in [5, 5.41) is 2.60. The van der Waals surface area contributed by atoms with Crippen LogP contribution < -0.4 is 5.32 Å². The summed E-state index contributed by atoms with van der Waals surface area (Å²) in [6.07, 6.45) is 0. The summed E-state index contributed by atoms with van der Waals surface area (Å²) in [6, 6.07) is 0. The SMILES string of the molecule is CNC(=O)C1CN(C(C)=O)CCN(C(=O)c2scnc2C)C1. The largest absolute Gasteiger partial charge is 0.359 e. The Balaban J connectivity index is 2.21. The number of hydrogen-bond donors (Lipinski definition) is 1. The first-order chi connectivity index (χ1) is 10.4. The number of hydrogen-bond acceptors (Lipinski definition) is 5. The van der Waals surface area contributed by atoms with Gasteiger partial charge in [-0.15, -0.1) is 11.3 Å². The highest BCUT2D eigenvalue weighted by Gasteiger charge is 2.31. The minimum absolute atomic E-state index is 0.0860. The third-order valence-corrected chi connectivity index (χ3v) is 4.73. The molecule has 1 unspecified atom stereocenters. The van der Waals surface area contributed by atoms with Crippen LogP contribution in [-0.4, -0.2) is 65.7 Å². The van der Waals surface area contributed by atoms with E-state index in [0.717, 1.165) is 0 Å². The number of carbonyl (C=O) groups excluding carboxylic acids is 3. The normalized spacial score (nSPS) is 18.8. The van der Waals surface area contributed by atoms with Crippen LogP contribution in [0.15, 0.2) is 5.51 Å². The van der Waals surface area contributed by atoms with E-state index in [4.69, 9.17) is 0 Å². The van der Waals surface area contributed by atoms with Crippen molar-refractivity contribution >= 4 is 29.1 Å². The summed E-state index contributed by atoms with van der Waals surface area (Å²) in [6.45, 7) is 4.77. The van der Waals surface area contributed by atoms with Crippen molar-refractivity contribution in [2.75, 3.05) is 33.2 Å². The molecule has 2 heterocycles. The number of nitrogens with zero attached hydrogens (tertiary/aromatic N) is 3. The third-order valence-electron chi connectivity index (χ3n) is 3.81. The van der Waals surface area contributed by atoms with E-state index >= 15 is 0 Å². The molecular weight excluding hydrogens is 304 g/mol. The second-order valence-electron chi connectivity index (χ2n) is 5.29. The van der Waals surface area contributed by atoms with Gasteiger partial charge in [0.15, 0.2) is 0 Å². The molecule has 1 aromatic heterocycles. The van der Waals surface area contributed by atoms with Crippen molar-refractivity contribution in [3.63, 3.8) is 0 Å². The number of amides is 3. The van der Waals surface area contributed by atoms with Crippen molar-refractivity contribution in [1.29, 1.82) is 0 Å². The maximum Gasteiger partial charge on any atom is 0.265 e. The lowest BCUT2D eigenvalue weighted by Gasteiger charge is -2.22. The van der Waals surface area contributed by atoms with Gasteiger partial charge in [0.1, 0.15) is 4.88 Å². The highest BCUT2D eigenvalue weighted by atomic mass is 32.1. The van der Waals surface area contributed by atoms with Gasteiger partial charge in [-0.3, -0.25) is 14.4 Å². The number of thiazole rings is 1. The van der Waals surface area contributed by atoms with Crippen molar-refractivity contribution in [1.82, 2.24) is 20.1 Å². The summed E-state index contributed by atoms with van der Waals surface area (Å²) in [5.41, 5.74) is 2.33. The Morgan fingerprint density at radius 2 is 1.91 bits per heavy atom. The maximum absolute atomic E-state index is 12.6. The van der Waals surface area contributed by atoms with Crippen molar-refractivity contribution in [3.8, 4) is 0 Å². The minimum atomic E-state index is -0.423. The maximum atomic E-state index is 12.6. The zero-order chi connectivity index (χ0) is 16.3. The van der Waals surface area contributed by atoms with Crippen LogP contribution in [0.2, 0.25) is 0 Å². The molecule has 22 heavy (non-hydrogen) atoms. The topological polar surface area (TPSA) is 82.6 Å². The number of rotatable bonds is 2. The summed E-state index contributed by atoms with van der Waals surface area (Å²) >= 11 is 1.30. The van der Waals surface area contributed by atoms with Gasteiger partial charge in [-0.25, -0.2) is 4.98 Å². The van der Waals surface area contributed by atoms with Crippen LogP contribution in [0.1, 0.15) is 22.3 Å². The number of aryl methyl sites for hydroxylation is 1. The lowest BCUT2D eigenvalue weighted by atomic mass is 10.1. The Bertz CT molecular complexity index is 586. The van der Waals surface area contributed by atoms with Gasteiger partial charge in [-0.2, -0.15) is 0 Å². The Morgan fingerprint density at radius 3 is 2.45 bits per heavy atom. The molecule has 1 saturated heterocycles. The van der Waals surface area contributed by atoms with E-state index < -0.39 is 5.92 Å². The summed E-state index contributed by atoms with van der Waals surface area (Å²) in [5.74, 6) is -0.794. The van der Waals surface area contributed by atoms with Gasteiger partial charge in [0.2, 0.25) is 11.8 Å². The average molecular weight is 324 g/mol. The fraction of sp³-hybridized carbons (Fsp3) is 0.571. The molecule has 1 fully saturated rings. The van der Waals surface area contributed by atoms with Gasteiger partial charge < -0.3 is 15.1 Å². The van der Waals surface area contributed by atoms with Gasteiger partial charge in [0, 0.05) is 40.2 Å². The van der Waals surface area contributed by atoms with E-state index in [2.05, 4.69) is 10.3 Å². The molecule has 1 N–H and O–H groups in total. The Kier molecular flexibility index (Phi) is 5.12. The number of aromatic nitrogens is 1. The molecule has 7 nitrogen and oxygen atoms in total. The summed E-state index contributed by atoms with van der Waals surface area (Å²) in [4.78, 5) is 44.2. The molecule has 1 aliphatic heterocycles. The van der Waals surface area contributed by atoms with Crippen LogP contribution in [0.25, 0.3) is 0 Å². The molecule has 1 aromatic rings. The first-order valence-corrected chi connectivity index (χ1v) is 7.98. The first kappa shape index (κ1) is 16.4. The molecule has 8 heteroatoms. The van der Waals surface area contributed by atoms with Crippen LogP contribution in [0, 0.1) is 12.8 Å². The van der Waals surface area contributed by atoms with Crippen molar-refractivity contribution in [3.05, 3.63) is 16.1 Å². The minimum Gasteiger partial charge on any atom is -0.359 e. The summed E-state index contributed by atoms with van der Waals surface area (Å²) < 4.78 is 0. The molecule has 0 bridgehead atoms. The fourth-order valence-electron chi connectivity index (χ4n) is 2.50. The van der Waals surface area contributed by atoms with E-state index in [1.54, 1.807) is 29.3 Å². The molecule has 3 amide bonds. The predicted octanol–water partition coefficient (Wildman–Crippen LogP) is 0.118. The molecule has 1 aliphatic rings. The van der Waals surface area contributed by atoms with Crippen LogP contribution >= 0.6 is 11.3 Å². The van der Waals surface area contributed by atoms with Gasteiger partial charge in [0.25, 0.3) is 5.91 Å². The molecule has 0 aromatic carbocycles. The second kappa shape index (κ2) is 6.87. The quantitative estimate of drug-likeness (QED) is 0.837. The lowest BCUT2D eigenvalue weighted by Crippen LogP contribution is -2.42. The number of nitrogens with one attached hydrogen (secondary N) is 1. The third kappa shape index (κ3) is 3.44. The van der Waals surface area contributed by atoms with E-state index in [1.165, 1.54) is 18.3 Å². The lowest BCUT2D eigenvalue weighted by molar-refractivity contribution is -0.130. The number of carbonyl (C=O) groups is 3. The predicted molar refractivity (Wildman–Crippen MR) is 82.6 cm³/mol. The van der Waals surface area contributed by atoms with Gasteiger partial charge in [0.05, 0.1) is 17.1 Å². The summed E-state index contributed by atoms with van der Waals surface area (Å²) in [7, 11) is 1.56. The van der Waals surface area contributed by atoms with Crippen LogP contribution in [0.4, 0.5) is 0 Å². The van der Waals surface area contributed by atoms with Gasteiger partial charge in [-0.1, -0.05) is 0 Å². The smallest absolute Gasteiger partial charge is 0.265 e. The van der Waals surface area contributed by atoms with Crippen LogP contribution in [0.3, 0.4) is 0 Å². The average Bonchev–Trinajstić information content (AvgIpc) is 2.79. The van der Waals surface area contributed by atoms with Crippen molar-refractivity contribution in [2.45, 2.75) is 13.8 Å². The Hall–Kier alpha value is -1.96. The van der Waals surface area contributed by atoms with Gasteiger partial charge in [-0.05, 0) is 6.92 Å². The van der Waals surface area contributed by atoms with Crippen LogP contribution in [-0.2, 0) is 9.59 Å². The zero-order valence-electron chi connectivity index (χ0n) is 13.0. The molecule has 2 rings (SSSR count). The molecular formula is C14H20N4O3S. The standard InChI is InChI=1S/C14H20N4O3S/c1-9-12(22-8-16-9)14(21)18-5-4-17(10(2)19)6-11(7-18)13(20)15-3/h8,11H,4-7H2,1-3H3,(H,15,20). The molecule has 0 radical (unpaired) electrons. The monoisotopic (exact) mass is 324 g/mol. The molecule has 120 valence electrons. The Labute approximate surface area is 133 Å². The van der Waals surface area contributed by atoms with Crippen molar-refractivity contribution in [2.24, 2.45) is 5.92 Å². The zero-order valence-corrected chi connectivity index (χ0v) is 13.8. The molecule has 0 saturated carbocycles. The highest BCUT2D eigenvalue weighted by Crippen LogP contribution is 2.18. The van der Waals surface area contributed by atoms with E-state index in [1.807, 2.05) is 0 Å². The molecule has 1 atom stereocenters.